The molecule has 1 amide bonds. The molecule has 0 aliphatic carbocycles. The van der Waals surface area contributed by atoms with Gasteiger partial charge in [0.25, 0.3) is 0 Å². The Labute approximate surface area is 236 Å². The van der Waals surface area contributed by atoms with E-state index < -0.39 is 16.1 Å². The molecule has 38 heavy (non-hydrogen) atoms. The number of halogens is 3. The van der Waals surface area contributed by atoms with Gasteiger partial charge in [-0.25, -0.2) is 12.8 Å². The second-order valence-electron chi connectivity index (χ2n) is 9.67. The van der Waals surface area contributed by atoms with Crippen LogP contribution in [0.1, 0.15) is 35.4 Å². The highest BCUT2D eigenvalue weighted by Crippen LogP contribution is 2.38. The van der Waals surface area contributed by atoms with Gasteiger partial charge >= 0.3 is 0 Å². The van der Waals surface area contributed by atoms with Crippen LogP contribution in [0.5, 0.6) is 0 Å². The van der Waals surface area contributed by atoms with Gasteiger partial charge in [-0.3, -0.25) is 9.69 Å². The summed E-state index contributed by atoms with van der Waals surface area (Å²) < 4.78 is 42.1. The van der Waals surface area contributed by atoms with E-state index in [1.54, 1.807) is 41.4 Å². The van der Waals surface area contributed by atoms with E-state index >= 15 is 0 Å². The summed E-state index contributed by atoms with van der Waals surface area (Å²) in [5.74, 6) is -0.300. The normalized spacial score (nSPS) is 20.9. The SMILES string of the molecule is C[C@H]1CN(C(=O)CCN2CCc3sccc3[C@H]2c2cccc(F)c2)CCN1S(=O)(=O)c1cc(Cl)ccc1Cl. The van der Waals surface area contributed by atoms with Gasteiger partial charge in [0.15, 0.2) is 0 Å². The summed E-state index contributed by atoms with van der Waals surface area (Å²) in [4.78, 5) is 18.5. The van der Waals surface area contributed by atoms with E-state index in [0.717, 1.165) is 18.5 Å². The van der Waals surface area contributed by atoms with Crippen molar-refractivity contribution in [3.8, 4) is 0 Å². The number of hydrogen-bond acceptors (Lipinski definition) is 5. The van der Waals surface area contributed by atoms with Crippen LogP contribution in [-0.2, 0) is 21.2 Å². The van der Waals surface area contributed by atoms with Crippen LogP contribution in [0, 0.1) is 5.82 Å². The van der Waals surface area contributed by atoms with Crippen molar-refractivity contribution >= 4 is 50.5 Å². The van der Waals surface area contributed by atoms with Crippen molar-refractivity contribution in [3.05, 3.63) is 85.8 Å². The molecule has 5 rings (SSSR count). The molecule has 1 saturated heterocycles. The molecule has 6 nitrogen and oxygen atoms in total. The summed E-state index contributed by atoms with van der Waals surface area (Å²) in [5, 5.41) is 2.47. The maximum atomic E-state index is 14.1. The van der Waals surface area contributed by atoms with Crippen LogP contribution in [0.25, 0.3) is 0 Å². The smallest absolute Gasteiger partial charge is 0.244 e. The molecule has 0 radical (unpaired) electrons. The topological polar surface area (TPSA) is 60.9 Å². The first-order chi connectivity index (χ1) is 18.1. The molecule has 0 N–H and O–H groups in total. The number of thiophene rings is 1. The van der Waals surface area contributed by atoms with Gasteiger partial charge in [-0.1, -0.05) is 35.3 Å². The molecule has 11 heteroatoms. The predicted molar refractivity (Wildman–Crippen MR) is 149 cm³/mol. The Morgan fingerprint density at radius 3 is 2.68 bits per heavy atom. The molecule has 2 aromatic carbocycles. The third kappa shape index (κ3) is 5.50. The molecule has 3 heterocycles. The first kappa shape index (κ1) is 27.6. The summed E-state index contributed by atoms with van der Waals surface area (Å²) in [6, 6.07) is 12.6. The zero-order valence-electron chi connectivity index (χ0n) is 20.8. The highest BCUT2D eigenvalue weighted by molar-refractivity contribution is 7.89. The molecule has 1 fully saturated rings. The van der Waals surface area contributed by atoms with E-state index in [-0.39, 0.29) is 40.8 Å². The van der Waals surface area contributed by atoms with Crippen LogP contribution in [0.2, 0.25) is 10.0 Å². The average molecular weight is 597 g/mol. The number of piperazine rings is 1. The molecule has 0 bridgehead atoms. The molecule has 3 aromatic rings. The fraction of sp³-hybridized carbons (Fsp3) is 0.370. The van der Waals surface area contributed by atoms with Gasteiger partial charge < -0.3 is 4.90 Å². The van der Waals surface area contributed by atoms with Crippen LogP contribution >= 0.6 is 34.5 Å². The zero-order valence-corrected chi connectivity index (χ0v) is 24.0. The Morgan fingerprint density at radius 2 is 1.92 bits per heavy atom. The maximum Gasteiger partial charge on any atom is 0.244 e. The molecule has 0 saturated carbocycles. The zero-order chi connectivity index (χ0) is 27.0. The molecular weight excluding hydrogens is 568 g/mol. The van der Waals surface area contributed by atoms with Crippen LogP contribution in [-0.4, -0.2) is 67.2 Å². The van der Waals surface area contributed by atoms with Crippen LogP contribution < -0.4 is 0 Å². The summed E-state index contributed by atoms with van der Waals surface area (Å²) in [6.07, 6.45) is 1.19. The van der Waals surface area contributed by atoms with Crippen LogP contribution in [0.15, 0.2) is 58.8 Å². The minimum atomic E-state index is -3.87. The van der Waals surface area contributed by atoms with E-state index in [1.807, 2.05) is 6.07 Å². The molecular formula is C27H28Cl2FN3O3S2. The lowest BCUT2D eigenvalue weighted by Crippen LogP contribution is -2.55. The fourth-order valence-electron chi connectivity index (χ4n) is 5.40. The van der Waals surface area contributed by atoms with Crippen molar-refractivity contribution in [1.29, 1.82) is 0 Å². The van der Waals surface area contributed by atoms with Gasteiger partial charge in [0.05, 0.1) is 11.1 Å². The monoisotopic (exact) mass is 595 g/mol. The minimum absolute atomic E-state index is 0.0243. The highest BCUT2D eigenvalue weighted by atomic mass is 35.5. The second kappa shape index (κ2) is 11.2. The number of sulfonamides is 1. The average Bonchev–Trinajstić information content (AvgIpc) is 3.37. The van der Waals surface area contributed by atoms with Gasteiger partial charge in [0, 0.05) is 55.1 Å². The lowest BCUT2D eigenvalue weighted by atomic mass is 9.93. The summed E-state index contributed by atoms with van der Waals surface area (Å²) in [5.41, 5.74) is 2.05. The summed E-state index contributed by atoms with van der Waals surface area (Å²) in [7, 11) is -3.87. The molecule has 202 valence electrons. The first-order valence-electron chi connectivity index (χ1n) is 12.5. The predicted octanol–water partition coefficient (Wildman–Crippen LogP) is 5.45. The standard InChI is InChI=1S/C27H28Cl2FN3O3S2/c1-18-17-32(12-13-33(18)38(35,36)25-16-20(28)5-6-23(25)29)26(34)8-11-31-10-7-24-22(9-14-37-24)27(31)19-3-2-4-21(30)15-19/h2-6,9,14-16,18,27H,7-8,10-13,17H2,1H3/t18-,27+/m0/s1. The fourth-order valence-corrected chi connectivity index (χ4v) is 8.66. The van der Waals surface area contributed by atoms with Crippen molar-refractivity contribution in [2.45, 2.75) is 36.7 Å². The molecule has 2 aliphatic rings. The number of fused-ring (bicyclic) bond motifs is 1. The lowest BCUT2D eigenvalue weighted by Gasteiger charge is -2.40. The van der Waals surface area contributed by atoms with Gasteiger partial charge in [-0.15, -0.1) is 11.3 Å². The Kier molecular flexibility index (Phi) is 8.14. The van der Waals surface area contributed by atoms with E-state index in [9.17, 15) is 17.6 Å². The Hall–Kier alpha value is -2.01. The molecule has 0 spiro atoms. The van der Waals surface area contributed by atoms with Crippen molar-refractivity contribution in [3.63, 3.8) is 0 Å². The van der Waals surface area contributed by atoms with Crippen molar-refractivity contribution in [2.75, 3.05) is 32.7 Å². The minimum Gasteiger partial charge on any atom is -0.340 e. The number of hydrogen-bond donors (Lipinski definition) is 0. The number of rotatable bonds is 6. The third-order valence-electron chi connectivity index (χ3n) is 7.24. The summed E-state index contributed by atoms with van der Waals surface area (Å²) >= 11 is 13.9. The third-order valence-corrected chi connectivity index (χ3v) is 11.0. The Bertz CT molecular complexity index is 1450. The quantitative estimate of drug-likeness (QED) is 0.380. The van der Waals surface area contributed by atoms with Crippen LogP contribution in [0.4, 0.5) is 4.39 Å². The Morgan fingerprint density at radius 1 is 1.11 bits per heavy atom. The number of carbonyl (C=O) groups is 1. The van der Waals surface area contributed by atoms with E-state index in [0.29, 0.717) is 24.5 Å². The largest absolute Gasteiger partial charge is 0.340 e. The molecule has 0 unspecified atom stereocenters. The number of amides is 1. The number of nitrogens with zero attached hydrogens (tertiary/aromatic N) is 3. The van der Waals surface area contributed by atoms with E-state index in [4.69, 9.17) is 23.2 Å². The van der Waals surface area contributed by atoms with Crippen molar-refractivity contribution in [1.82, 2.24) is 14.1 Å². The number of carbonyl (C=O) groups excluding carboxylic acids is 1. The first-order valence-corrected chi connectivity index (χ1v) is 15.5. The maximum absolute atomic E-state index is 14.1. The number of benzene rings is 2. The van der Waals surface area contributed by atoms with Gasteiger partial charge in [-0.05, 0) is 66.2 Å². The van der Waals surface area contributed by atoms with Gasteiger partial charge in [0.2, 0.25) is 15.9 Å². The van der Waals surface area contributed by atoms with Gasteiger partial charge in [-0.2, -0.15) is 4.31 Å². The summed E-state index contributed by atoms with van der Waals surface area (Å²) in [6.45, 7) is 3.86. The lowest BCUT2D eigenvalue weighted by molar-refractivity contribution is -0.133. The molecule has 2 aliphatic heterocycles. The van der Waals surface area contributed by atoms with Gasteiger partial charge in [0.1, 0.15) is 10.7 Å². The molecule has 1 aromatic heterocycles. The van der Waals surface area contributed by atoms with Crippen molar-refractivity contribution in [2.24, 2.45) is 0 Å². The Balaban J connectivity index is 1.25. The highest BCUT2D eigenvalue weighted by Gasteiger charge is 2.37. The second-order valence-corrected chi connectivity index (χ2v) is 13.4. The van der Waals surface area contributed by atoms with Crippen molar-refractivity contribution < 1.29 is 17.6 Å². The van der Waals surface area contributed by atoms with E-state index in [1.165, 1.54) is 32.9 Å². The van der Waals surface area contributed by atoms with E-state index in [2.05, 4.69) is 16.3 Å². The van der Waals surface area contributed by atoms with Crippen LogP contribution in [0.3, 0.4) is 0 Å². The molecule has 2 atom stereocenters.